The maximum absolute atomic E-state index is 5.41. The molecule has 0 aliphatic carbocycles. The van der Waals surface area contributed by atoms with Gasteiger partial charge in [0.2, 0.25) is 0 Å². The molecule has 0 heterocycles. The van der Waals surface area contributed by atoms with Gasteiger partial charge in [-0.1, -0.05) is 38.1 Å². The lowest BCUT2D eigenvalue weighted by atomic mass is 9.99. The van der Waals surface area contributed by atoms with E-state index in [9.17, 15) is 0 Å². The van der Waals surface area contributed by atoms with Crippen LogP contribution in [0.15, 0.2) is 42.5 Å². The van der Waals surface area contributed by atoms with Crippen molar-refractivity contribution < 1.29 is 0 Å². The fourth-order valence-electron chi connectivity index (χ4n) is 2.30. The first-order valence-electron chi connectivity index (χ1n) is 7.75. The molecule has 22 heavy (non-hydrogen) atoms. The Bertz CT molecular complexity index is 647. The molecule has 2 nitrogen and oxygen atoms in total. The molecule has 2 N–H and O–H groups in total. The average Bonchev–Trinajstić information content (AvgIpc) is 2.52. The van der Waals surface area contributed by atoms with E-state index in [2.05, 4.69) is 68.7 Å². The summed E-state index contributed by atoms with van der Waals surface area (Å²) >= 11 is 5.41. The number of hydrogen-bond acceptors (Lipinski definition) is 1. The predicted molar refractivity (Wildman–Crippen MR) is 101 cm³/mol. The second-order valence-corrected chi connectivity index (χ2v) is 6.17. The van der Waals surface area contributed by atoms with Crippen LogP contribution in [0.4, 0.5) is 11.4 Å². The molecule has 0 radical (unpaired) electrons. The normalized spacial score (nSPS) is 11.8. The van der Waals surface area contributed by atoms with Gasteiger partial charge in [0.15, 0.2) is 5.11 Å². The van der Waals surface area contributed by atoms with Crippen LogP contribution < -0.4 is 10.6 Å². The largest absolute Gasteiger partial charge is 0.332 e. The zero-order chi connectivity index (χ0) is 16.1. The van der Waals surface area contributed by atoms with E-state index < -0.39 is 0 Å². The number of anilines is 2. The second kappa shape index (κ2) is 7.41. The summed E-state index contributed by atoms with van der Waals surface area (Å²) in [5.41, 5.74) is 5.90. The molecule has 0 amide bonds. The summed E-state index contributed by atoms with van der Waals surface area (Å²) < 4.78 is 0. The predicted octanol–water partition coefficient (Wildman–Crippen LogP) is 5.63. The summed E-state index contributed by atoms with van der Waals surface area (Å²) in [6.07, 6.45) is 1.15. The molecule has 1 unspecified atom stereocenters. The van der Waals surface area contributed by atoms with Crippen LogP contribution in [0.2, 0.25) is 0 Å². The van der Waals surface area contributed by atoms with Crippen molar-refractivity contribution in [2.24, 2.45) is 0 Å². The van der Waals surface area contributed by atoms with Crippen LogP contribution in [0, 0.1) is 13.8 Å². The van der Waals surface area contributed by atoms with Gasteiger partial charge in [0.1, 0.15) is 0 Å². The molecule has 0 saturated carbocycles. The number of aryl methyl sites for hydroxylation is 1. The summed E-state index contributed by atoms with van der Waals surface area (Å²) in [4.78, 5) is 0. The van der Waals surface area contributed by atoms with E-state index >= 15 is 0 Å². The molecular weight excluding hydrogens is 288 g/mol. The van der Waals surface area contributed by atoms with E-state index in [1.54, 1.807) is 0 Å². The Kier molecular flexibility index (Phi) is 5.56. The van der Waals surface area contributed by atoms with E-state index in [1.165, 1.54) is 16.7 Å². The molecule has 0 aliphatic heterocycles. The van der Waals surface area contributed by atoms with Crippen LogP contribution in [0.3, 0.4) is 0 Å². The third-order valence-corrected chi connectivity index (χ3v) is 4.41. The van der Waals surface area contributed by atoms with Crippen molar-refractivity contribution in [2.75, 3.05) is 10.6 Å². The molecule has 0 fully saturated rings. The van der Waals surface area contributed by atoms with Crippen LogP contribution in [0.25, 0.3) is 0 Å². The van der Waals surface area contributed by atoms with Crippen molar-refractivity contribution in [1.29, 1.82) is 0 Å². The topological polar surface area (TPSA) is 24.1 Å². The Balaban J connectivity index is 2.01. The van der Waals surface area contributed by atoms with Crippen LogP contribution in [0.1, 0.15) is 42.9 Å². The fraction of sp³-hybridized carbons (Fsp3) is 0.316. The highest BCUT2D eigenvalue weighted by Crippen LogP contribution is 2.21. The molecule has 2 aromatic rings. The molecule has 2 aromatic carbocycles. The quantitative estimate of drug-likeness (QED) is 0.716. The minimum absolute atomic E-state index is 0.592. The number of hydrogen-bond donors (Lipinski definition) is 2. The lowest BCUT2D eigenvalue weighted by molar-refractivity contribution is 0.734. The van der Waals surface area contributed by atoms with Crippen molar-refractivity contribution in [3.63, 3.8) is 0 Å². The van der Waals surface area contributed by atoms with E-state index in [-0.39, 0.29) is 0 Å². The van der Waals surface area contributed by atoms with Gasteiger partial charge in [-0.2, -0.15) is 0 Å². The highest BCUT2D eigenvalue weighted by molar-refractivity contribution is 7.80. The van der Waals surface area contributed by atoms with Crippen molar-refractivity contribution in [1.82, 2.24) is 0 Å². The first-order valence-corrected chi connectivity index (χ1v) is 8.16. The van der Waals surface area contributed by atoms with Crippen molar-refractivity contribution in [2.45, 2.75) is 40.0 Å². The number of thiocarbonyl (C=S) groups is 1. The third-order valence-electron chi connectivity index (χ3n) is 4.20. The zero-order valence-electron chi connectivity index (χ0n) is 13.7. The molecule has 0 aliphatic rings. The first-order chi connectivity index (χ1) is 10.5. The first kappa shape index (κ1) is 16.5. The molecule has 116 valence electrons. The highest BCUT2D eigenvalue weighted by atomic mass is 32.1. The average molecular weight is 312 g/mol. The summed E-state index contributed by atoms with van der Waals surface area (Å²) in [7, 11) is 0. The van der Waals surface area contributed by atoms with E-state index in [0.717, 1.165) is 17.8 Å². The maximum Gasteiger partial charge on any atom is 0.175 e. The summed E-state index contributed by atoms with van der Waals surface area (Å²) in [6.45, 7) is 8.65. The fourth-order valence-corrected chi connectivity index (χ4v) is 2.53. The van der Waals surface area contributed by atoms with Gasteiger partial charge < -0.3 is 10.6 Å². The van der Waals surface area contributed by atoms with E-state index in [0.29, 0.717) is 11.0 Å². The van der Waals surface area contributed by atoms with Gasteiger partial charge >= 0.3 is 0 Å². The maximum atomic E-state index is 5.41. The number of rotatable bonds is 4. The molecule has 0 bridgehead atoms. The van der Waals surface area contributed by atoms with Crippen molar-refractivity contribution in [3.8, 4) is 0 Å². The highest BCUT2D eigenvalue weighted by Gasteiger charge is 2.05. The van der Waals surface area contributed by atoms with Gasteiger partial charge in [-0.15, -0.1) is 0 Å². The summed E-state index contributed by atoms with van der Waals surface area (Å²) in [5, 5.41) is 7.13. The lowest BCUT2D eigenvalue weighted by Crippen LogP contribution is -2.19. The Morgan fingerprint density at radius 1 is 1.05 bits per heavy atom. The van der Waals surface area contributed by atoms with Crippen LogP contribution in [-0.2, 0) is 0 Å². The third kappa shape index (κ3) is 4.08. The Labute approximate surface area is 139 Å². The van der Waals surface area contributed by atoms with E-state index in [4.69, 9.17) is 12.2 Å². The Morgan fingerprint density at radius 2 is 1.73 bits per heavy atom. The number of benzene rings is 2. The van der Waals surface area contributed by atoms with Crippen LogP contribution >= 0.6 is 12.2 Å². The minimum Gasteiger partial charge on any atom is -0.332 e. The second-order valence-electron chi connectivity index (χ2n) is 5.76. The SMILES string of the molecule is CCC(C)c1ccc(NC(=S)Nc2cccc(C)c2C)cc1. The summed E-state index contributed by atoms with van der Waals surface area (Å²) in [6, 6.07) is 14.7. The molecule has 0 aromatic heterocycles. The number of nitrogens with one attached hydrogen (secondary N) is 2. The monoisotopic (exact) mass is 312 g/mol. The Hall–Kier alpha value is -1.87. The molecule has 1 atom stereocenters. The molecular formula is C19H24N2S. The van der Waals surface area contributed by atoms with Gasteiger partial charge in [-0.3, -0.25) is 0 Å². The van der Waals surface area contributed by atoms with Gasteiger partial charge in [0, 0.05) is 11.4 Å². The van der Waals surface area contributed by atoms with Gasteiger partial charge in [-0.05, 0) is 73.3 Å². The molecule has 0 saturated heterocycles. The smallest absolute Gasteiger partial charge is 0.175 e. The zero-order valence-corrected chi connectivity index (χ0v) is 14.6. The van der Waals surface area contributed by atoms with Crippen molar-refractivity contribution >= 4 is 28.7 Å². The molecule has 3 heteroatoms. The molecule has 2 rings (SSSR count). The minimum atomic E-state index is 0.592. The van der Waals surface area contributed by atoms with Gasteiger partial charge in [0.25, 0.3) is 0 Å². The molecule has 0 spiro atoms. The van der Waals surface area contributed by atoms with Gasteiger partial charge in [-0.25, -0.2) is 0 Å². The Morgan fingerprint density at radius 3 is 2.36 bits per heavy atom. The van der Waals surface area contributed by atoms with Crippen LogP contribution in [0.5, 0.6) is 0 Å². The standard InChI is InChI=1S/C19H24N2S/c1-5-13(2)16-9-11-17(12-10-16)20-19(22)21-18-8-6-7-14(3)15(18)4/h6-13H,5H2,1-4H3,(H2,20,21,22). The summed E-state index contributed by atoms with van der Waals surface area (Å²) in [5.74, 6) is 0.592. The van der Waals surface area contributed by atoms with Gasteiger partial charge in [0.05, 0.1) is 0 Å². The van der Waals surface area contributed by atoms with Crippen molar-refractivity contribution in [3.05, 3.63) is 59.2 Å². The van der Waals surface area contributed by atoms with Crippen LogP contribution in [-0.4, -0.2) is 5.11 Å². The lowest BCUT2D eigenvalue weighted by Gasteiger charge is -2.15. The van der Waals surface area contributed by atoms with E-state index in [1.807, 2.05) is 12.1 Å².